The molecular weight excluding hydrogens is 216 g/mol. The van der Waals surface area contributed by atoms with Gasteiger partial charge in [-0.15, -0.1) is 0 Å². The summed E-state index contributed by atoms with van der Waals surface area (Å²) >= 11 is 0. The Labute approximate surface area is 92.9 Å². The standard InChI is InChI=1S/C11H15F2NO2/c1-7(16)5-14(2)11-9(12)3-8(6-15)4-10(11)13/h3-4,7,15-16H,5-6H2,1-2H3. The summed E-state index contributed by atoms with van der Waals surface area (Å²) in [6.45, 7) is 1.26. The van der Waals surface area contributed by atoms with Gasteiger partial charge in [-0.3, -0.25) is 0 Å². The lowest BCUT2D eigenvalue weighted by atomic mass is 10.1. The number of anilines is 1. The van der Waals surface area contributed by atoms with Gasteiger partial charge in [0, 0.05) is 13.6 Å². The van der Waals surface area contributed by atoms with Crippen LogP contribution in [0.1, 0.15) is 12.5 Å². The molecule has 1 atom stereocenters. The van der Waals surface area contributed by atoms with Gasteiger partial charge >= 0.3 is 0 Å². The lowest BCUT2D eigenvalue weighted by Gasteiger charge is -2.22. The topological polar surface area (TPSA) is 43.7 Å². The molecule has 1 rings (SSSR count). The minimum absolute atomic E-state index is 0.131. The molecule has 90 valence electrons. The molecule has 0 aromatic heterocycles. The largest absolute Gasteiger partial charge is 0.392 e. The first-order valence-electron chi connectivity index (χ1n) is 4.93. The number of likely N-dealkylation sites (N-methyl/N-ethyl adjacent to an activating group) is 1. The number of nitrogens with zero attached hydrogens (tertiary/aromatic N) is 1. The molecule has 1 unspecified atom stereocenters. The summed E-state index contributed by atoms with van der Waals surface area (Å²) in [5.74, 6) is -1.49. The lowest BCUT2D eigenvalue weighted by molar-refractivity contribution is 0.201. The van der Waals surface area contributed by atoms with Crippen LogP contribution < -0.4 is 4.90 Å². The van der Waals surface area contributed by atoms with Crippen molar-refractivity contribution in [1.29, 1.82) is 0 Å². The van der Waals surface area contributed by atoms with E-state index in [4.69, 9.17) is 10.2 Å². The summed E-state index contributed by atoms with van der Waals surface area (Å²) in [6.07, 6.45) is -0.679. The molecule has 16 heavy (non-hydrogen) atoms. The van der Waals surface area contributed by atoms with E-state index in [2.05, 4.69) is 0 Å². The third kappa shape index (κ3) is 2.90. The number of benzene rings is 1. The molecule has 0 bridgehead atoms. The van der Waals surface area contributed by atoms with E-state index in [1.54, 1.807) is 0 Å². The SMILES string of the molecule is CC(O)CN(C)c1c(F)cc(CO)cc1F. The summed E-state index contributed by atoms with van der Waals surface area (Å²) in [7, 11) is 1.49. The van der Waals surface area contributed by atoms with Crippen molar-refractivity contribution >= 4 is 5.69 Å². The van der Waals surface area contributed by atoms with Gasteiger partial charge in [-0.1, -0.05) is 0 Å². The maximum absolute atomic E-state index is 13.5. The highest BCUT2D eigenvalue weighted by Gasteiger charge is 2.16. The Bertz CT molecular complexity index is 346. The maximum Gasteiger partial charge on any atom is 0.149 e. The third-order valence-corrected chi connectivity index (χ3v) is 2.18. The van der Waals surface area contributed by atoms with Crippen molar-refractivity contribution in [3.63, 3.8) is 0 Å². The molecule has 0 aliphatic heterocycles. The van der Waals surface area contributed by atoms with Crippen LogP contribution in [-0.2, 0) is 6.61 Å². The number of aliphatic hydroxyl groups is 2. The number of aliphatic hydroxyl groups excluding tert-OH is 2. The van der Waals surface area contributed by atoms with Gasteiger partial charge in [0.2, 0.25) is 0 Å². The van der Waals surface area contributed by atoms with Crippen molar-refractivity contribution in [1.82, 2.24) is 0 Å². The highest BCUT2D eigenvalue weighted by atomic mass is 19.1. The summed E-state index contributed by atoms with van der Waals surface area (Å²) in [4.78, 5) is 1.30. The van der Waals surface area contributed by atoms with Gasteiger partial charge < -0.3 is 15.1 Å². The summed E-state index contributed by atoms with van der Waals surface area (Å²) in [5, 5.41) is 17.9. The molecule has 3 nitrogen and oxygen atoms in total. The molecule has 0 saturated heterocycles. The normalized spacial score (nSPS) is 12.6. The Kier molecular flexibility index (Phi) is 4.20. The predicted molar refractivity (Wildman–Crippen MR) is 57.2 cm³/mol. The quantitative estimate of drug-likeness (QED) is 0.820. The van der Waals surface area contributed by atoms with E-state index in [0.29, 0.717) is 0 Å². The maximum atomic E-state index is 13.5. The van der Waals surface area contributed by atoms with E-state index in [1.807, 2.05) is 0 Å². The van der Waals surface area contributed by atoms with Crippen molar-refractivity contribution in [2.75, 3.05) is 18.5 Å². The molecule has 1 aromatic rings. The zero-order valence-corrected chi connectivity index (χ0v) is 9.24. The monoisotopic (exact) mass is 231 g/mol. The van der Waals surface area contributed by atoms with Gasteiger partial charge in [0.15, 0.2) is 0 Å². The van der Waals surface area contributed by atoms with E-state index in [-0.39, 0.29) is 17.8 Å². The van der Waals surface area contributed by atoms with Crippen molar-refractivity contribution in [3.05, 3.63) is 29.3 Å². The molecule has 0 fully saturated rings. The molecule has 0 aliphatic rings. The van der Waals surface area contributed by atoms with Crippen molar-refractivity contribution in [2.45, 2.75) is 19.6 Å². The second kappa shape index (κ2) is 5.23. The highest BCUT2D eigenvalue weighted by Crippen LogP contribution is 2.24. The molecule has 1 aromatic carbocycles. The zero-order valence-electron chi connectivity index (χ0n) is 9.24. The van der Waals surface area contributed by atoms with Gasteiger partial charge in [-0.05, 0) is 24.6 Å². The average Bonchev–Trinajstić information content (AvgIpc) is 2.15. The first-order valence-corrected chi connectivity index (χ1v) is 4.93. The molecular formula is C11H15F2NO2. The first-order chi connectivity index (χ1) is 7.45. The smallest absolute Gasteiger partial charge is 0.149 e. The zero-order chi connectivity index (χ0) is 12.3. The molecule has 2 N–H and O–H groups in total. The fourth-order valence-electron chi connectivity index (χ4n) is 1.56. The Morgan fingerprint density at radius 2 is 1.81 bits per heavy atom. The van der Waals surface area contributed by atoms with E-state index in [0.717, 1.165) is 12.1 Å². The molecule has 0 heterocycles. The predicted octanol–water partition coefficient (Wildman–Crippen LogP) is 1.27. The van der Waals surface area contributed by atoms with Crippen molar-refractivity contribution in [2.24, 2.45) is 0 Å². The number of hydrogen-bond donors (Lipinski definition) is 2. The molecule has 0 aliphatic carbocycles. The fraction of sp³-hybridized carbons (Fsp3) is 0.455. The second-order valence-electron chi connectivity index (χ2n) is 3.80. The van der Waals surface area contributed by atoms with E-state index < -0.39 is 24.3 Å². The van der Waals surface area contributed by atoms with E-state index >= 15 is 0 Å². The van der Waals surface area contributed by atoms with Crippen LogP contribution in [0.5, 0.6) is 0 Å². The van der Waals surface area contributed by atoms with Crippen LogP contribution in [0.25, 0.3) is 0 Å². The van der Waals surface area contributed by atoms with E-state index in [1.165, 1.54) is 18.9 Å². The van der Waals surface area contributed by atoms with Crippen LogP contribution in [0.15, 0.2) is 12.1 Å². The molecule has 5 heteroatoms. The first kappa shape index (κ1) is 12.9. The van der Waals surface area contributed by atoms with E-state index in [9.17, 15) is 8.78 Å². The number of halogens is 2. The molecule has 0 radical (unpaired) electrons. The van der Waals surface area contributed by atoms with Gasteiger partial charge in [0.25, 0.3) is 0 Å². The lowest BCUT2D eigenvalue weighted by Crippen LogP contribution is -2.28. The molecule has 0 spiro atoms. The minimum atomic E-state index is -0.743. The van der Waals surface area contributed by atoms with Crippen LogP contribution in [-0.4, -0.2) is 29.9 Å². The number of rotatable bonds is 4. The molecule has 0 saturated carbocycles. The Morgan fingerprint density at radius 3 is 2.19 bits per heavy atom. The van der Waals surface area contributed by atoms with Crippen LogP contribution in [0.2, 0.25) is 0 Å². The van der Waals surface area contributed by atoms with Crippen LogP contribution in [0.4, 0.5) is 14.5 Å². The third-order valence-electron chi connectivity index (χ3n) is 2.18. The van der Waals surface area contributed by atoms with Crippen LogP contribution >= 0.6 is 0 Å². The van der Waals surface area contributed by atoms with Crippen molar-refractivity contribution in [3.8, 4) is 0 Å². The fourth-order valence-corrected chi connectivity index (χ4v) is 1.56. The molecule has 0 amide bonds. The summed E-state index contributed by atoms with van der Waals surface area (Å²) in [5.41, 5.74) is -0.0118. The highest BCUT2D eigenvalue weighted by molar-refractivity contribution is 5.50. The Morgan fingerprint density at radius 1 is 1.31 bits per heavy atom. The van der Waals surface area contributed by atoms with Crippen molar-refractivity contribution < 1.29 is 19.0 Å². The van der Waals surface area contributed by atoms with Gasteiger partial charge in [0.1, 0.15) is 17.3 Å². The minimum Gasteiger partial charge on any atom is -0.392 e. The summed E-state index contributed by atoms with van der Waals surface area (Å²) in [6, 6.07) is 2.16. The van der Waals surface area contributed by atoms with Gasteiger partial charge in [0.05, 0.1) is 12.7 Å². The Hall–Kier alpha value is -1.20. The van der Waals surface area contributed by atoms with Gasteiger partial charge in [-0.2, -0.15) is 0 Å². The second-order valence-corrected chi connectivity index (χ2v) is 3.80. The average molecular weight is 231 g/mol. The van der Waals surface area contributed by atoms with Crippen LogP contribution in [0, 0.1) is 11.6 Å². The van der Waals surface area contributed by atoms with Crippen LogP contribution in [0.3, 0.4) is 0 Å². The summed E-state index contributed by atoms with van der Waals surface area (Å²) < 4.78 is 27.0. The Balaban J connectivity index is 3.04. The number of hydrogen-bond acceptors (Lipinski definition) is 3. The van der Waals surface area contributed by atoms with Gasteiger partial charge in [-0.25, -0.2) is 8.78 Å².